The van der Waals surface area contributed by atoms with Crippen LogP contribution in [0.1, 0.15) is 42.6 Å². The molecule has 1 aliphatic heterocycles. The number of nitrogens with zero attached hydrogens (tertiary/aromatic N) is 4. The Morgan fingerprint density at radius 2 is 1.85 bits per heavy atom. The van der Waals surface area contributed by atoms with Gasteiger partial charge in [0.15, 0.2) is 10.9 Å². The molecule has 0 radical (unpaired) electrons. The minimum absolute atomic E-state index is 0.271. The molecule has 0 aliphatic carbocycles. The predicted molar refractivity (Wildman–Crippen MR) is 130 cm³/mol. The topological polar surface area (TPSA) is 110 Å². The monoisotopic (exact) mass is 487 g/mol. The minimum atomic E-state index is -0.529. The molecule has 0 atom stereocenters. The lowest BCUT2D eigenvalue weighted by molar-refractivity contribution is 0.0240. The third-order valence-electron chi connectivity index (χ3n) is 5.43. The summed E-state index contributed by atoms with van der Waals surface area (Å²) in [7, 11) is 1.58. The molecule has 3 heterocycles. The quantitative estimate of drug-likeness (QED) is 0.583. The van der Waals surface area contributed by atoms with Gasteiger partial charge >= 0.3 is 6.09 Å². The highest BCUT2D eigenvalue weighted by atomic mass is 32.1. The van der Waals surface area contributed by atoms with Crippen molar-refractivity contribution in [3.63, 3.8) is 0 Å². The Balaban J connectivity index is 1.56. The molecule has 1 aliphatic rings. The molecule has 1 N–H and O–H groups in total. The summed E-state index contributed by atoms with van der Waals surface area (Å²) in [5, 5.41) is 7.57. The number of aromatic nitrogens is 2. The fourth-order valence-electron chi connectivity index (χ4n) is 3.70. The molecule has 11 heteroatoms. The molecular formula is C23H29N5O5S. The number of hydrogen-bond acceptors (Lipinski definition) is 9. The average molecular weight is 488 g/mol. The molecule has 2 aromatic heterocycles. The van der Waals surface area contributed by atoms with Gasteiger partial charge in [-0.15, -0.1) is 0 Å². The van der Waals surface area contributed by atoms with Gasteiger partial charge in [-0.1, -0.05) is 16.5 Å². The summed E-state index contributed by atoms with van der Waals surface area (Å²) in [6.07, 6.45) is -0.309. The van der Waals surface area contributed by atoms with Crippen molar-refractivity contribution in [1.29, 1.82) is 0 Å². The maximum absolute atomic E-state index is 13.1. The van der Waals surface area contributed by atoms with Crippen molar-refractivity contribution in [3.05, 3.63) is 29.2 Å². The van der Waals surface area contributed by atoms with Gasteiger partial charge in [-0.25, -0.2) is 9.78 Å². The third-order valence-corrected chi connectivity index (χ3v) is 6.58. The zero-order chi connectivity index (χ0) is 24.6. The molecule has 0 spiro atoms. The number of nitrogens with one attached hydrogen (secondary N) is 1. The lowest BCUT2D eigenvalue weighted by Crippen LogP contribution is -2.50. The van der Waals surface area contributed by atoms with Crippen LogP contribution in [-0.2, 0) is 4.74 Å². The molecule has 182 valence electrons. The van der Waals surface area contributed by atoms with Crippen molar-refractivity contribution in [2.24, 2.45) is 0 Å². The highest BCUT2D eigenvalue weighted by molar-refractivity contribution is 7.22. The normalized spacial score (nSPS) is 14.4. The first-order valence-corrected chi connectivity index (χ1v) is 11.8. The number of hydrogen-bond donors (Lipinski definition) is 1. The number of methoxy groups -OCH3 is 1. The Hall–Kier alpha value is -3.34. The Morgan fingerprint density at radius 1 is 1.15 bits per heavy atom. The van der Waals surface area contributed by atoms with E-state index >= 15 is 0 Å². The first-order valence-electron chi connectivity index (χ1n) is 11.0. The number of carbonyl (C=O) groups is 2. The van der Waals surface area contributed by atoms with Crippen molar-refractivity contribution in [3.8, 4) is 5.75 Å². The Morgan fingerprint density at radius 3 is 2.44 bits per heavy atom. The number of piperazine rings is 1. The number of fused-ring (bicyclic) bond motifs is 1. The van der Waals surface area contributed by atoms with Crippen LogP contribution in [0.3, 0.4) is 0 Å². The third kappa shape index (κ3) is 4.79. The molecule has 2 amide bonds. The van der Waals surface area contributed by atoms with Crippen LogP contribution in [-0.4, -0.2) is 65.9 Å². The van der Waals surface area contributed by atoms with E-state index in [9.17, 15) is 9.59 Å². The van der Waals surface area contributed by atoms with Crippen LogP contribution >= 0.6 is 11.3 Å². The molecule has 0 unspecified atom stereocenters. The number of benzene rings is 1. The highest BCUT2D eigenvalue weighted by Crippen LogP contribution is 2.37. The van der Waals surface area contributed by atoms with Gasteiger partial charge in [-0.05, 0) is 46.8 Å². The van der Waals surface area contributed by atoms with Gasteiger partial charge in [0.05, 0.1) is 17.4 Å². The van der Waals surface area contributed by atoms with Crippen LogP contribution in [0.15, 0.2) is 16.7 Å². The molecule has 0 saturated carbocycles. The SMILES string of the molecule is COc1ccc(C(=O)Nc2c(C)noc2C)c2sc(N3CCN(C(=O)OC(C)(C)C)CC3)nc12. The number of carbonyl (C=O) groups excluding carboxylic acids is 2. The van der Waals surface area contributed by atoms with Crippen molar-refractivity contribution < 1.29 is 23.6 Å². The van der Waals surface area contributed by atoms with Gasteiger partial charge in [-0.2, -0.15) is 0 Å². The maximum Gasteiger partial charge on any atom is 0.410 e. The highest BCUT2D eigenvalue weighted by Gasteiger charge is 2.28. The summed E-state index contributed by atoms with van der Waals surface area (Å²) in [5.74, 6) is 0.870. The smallest absolute Gasteiger partial charge is 0.410 e. The summed E-state index contributed by atoms with van der Waals surface area (Å²) in [5.41, 5.74) is 1.77. The molecule has 10 nitrogen and oxygen atoms in total. The molecule has 1 saturated heterocycles. The fourth-order valence-corrected chi connectivity index (χ4v) is 4.84. The van der Waals surface area contributed by atoms with E-state index in [0.717, 1.165) is 9.83 Å². The first-order chi connectivity index (χ1) is 16.1. The van der Waals surface area contributed by atoms with E-state index in [1.54, 1.807) is 38.0 Å². The van der Waals surface area contributed by atoms with Gasteiger partial charge in [0.2, 0.25) is 0 Å². The second kappa shape index (κ2) is 9.13. The molecule has 34 heavy (non-hydrogen) atoms. The molecule has 1 aromatic carbocycles. The number of amides is 2. The zero-order valence-corrected chi connectivity index (χ0v) is 21.0. The number of thiazole rings is 1. The summed E-state index contributed by atoms with van der Waals surface area (Å²) in [4.78, 5) is 34.1. The molecule has 0 bridgehead atoms. The van der Waals surface area contributed by atoms with E-state index in [4.69, 9.17) is 19.0 Å². The average Bonchev–Trinajstić information content (AvgIpc) is 3.36. The van der Waals surface area contributed by atoms with Crippen LogP contribution in [0, 0.1) is 13.8 Å². The van der Waals surface area contributed by atoms with Crippen molar-refractivity contribution in [2.45, 2.75) is 40.2 Å². The predicted octanol–water partition coefficient (Wildman–Crippen LogP) is 4.22. The lowest BCUT2D eigenvalue weighted by atomic mass is 10.1. The van der Waals surface area contributed by atoms with E-state index in [1.165, 1.54) is 11.3 Å². The molecule has 3 aromatic rings. The van der Waals surface area contributed by atoms with Crippen LogP contribution in [0.4, 0.5) is 15.6 Å². The van der Waals surface area contributed by atoms with E-state index in [2.05, 4.69) is 15.4 Å². The van der Waals surface area contributed by atoms with E-state index in [1.807, 2.05) is 20.8 Å². The van der Waals surface area contributed by atoms with Gasteiger partial charge in [0, 0.05) is 26.2 Å². The van der Waals surface area contributed by atoms with Crippen molar-refractivity contribution >= 4 is 44.4 Å². The minimum Gasteiger partial charge on any atom is -0.494 e. The van der Waals surface area contributed by atoms with Gasteiger partial charge in [0.1, 0.15) is 28.2 Å². The fraction of sp³-hybridized carbons (Fsp3) is 0.478. The van der Waals surface area contributed by atoms with Crippen LogP contribution in [0.25, 0.3) is 10.2 Å². The number of anilines is 2. The molecular weight excluding hydrogens is 458 g/mol. The second-order valence-corrected chi connectivity index (χ2v) is 10.1. The standard InChI is InChI=1S/C23H29N5O5S/c1-13-17(14(2)33-26-13)24-20(29)15-7-8-16(31-6)18-19(15)34-21(25-18)27-9-11-28(12-10-27)22(30)32-23(3,4)5/h7-8H,9-12H2,1-6H3,(H,24,29). The van der Waals surface area contributed by atoms with Crippen LogP contribution in [0.2, 0.25) is 0 Å². The summed E-state index contributed by atoms with van der Waals surface area (Å²) >= 11 is 1.43. The van der Waals surface area contributed by atoms with Crippen LogP contribution < -0.4 is 15.0 Å². The van der Waals surface area contributed by atoms with Gasteiger partial charge < -0.3 is 29.1 Å². The van der Waals surface area contributed by atoms with Crippen LogP contribution in [0.5, 0.6) is 5.75 Å². The zero-order valence-electron chi connectivity index (χ0n) is 20.2. The number of aryl methyl sites for hydroxylation is 2. The Kier molecular flexibility index (Phi) is 6.39. The van der Waals surface area contributed by atoms with Crippen molar-refractivity contribution in [1.82, 2.24) is 15.0 Å². The van der Waals surface area contributed by atoms with E-state index in [0.29, 0.717) is 60.2 Å². The Bertz CT molecular complexity index is 1200. The van der Waals surface area contributed by atoms with Gasteiger partial charge in [-0.3, -0.25) is 4.79 Å². The second-order valence-electron chi connectivity index (χ2n) is 9.10. The number of ether oxygens (including phenoxy) is 2. The maximum atomic E-state index is 13.1. The largest absolute Gasteiger partial charge is 0.494 e. The molecule has 4 rings (SSSR count). The van der Waals surface area contributed by atoms with E-state index < -0.39 is 5.60 Å². The molecule has 1 fully saturated rings. The van der Waals surface area contributed by atoms with E-state index in [-0.39, 0.29) is 12.0 Å². The van der Waals surface area contributed by atoms with Crippen molar-refractivity contribution in [2.75, 3.05) is 43.5 Å². The Labute approximate surface area is 201 Å². The lowest BCUT2D eigenvalue weighted by Gasteiger charge is -2.35. The van der Waals surface area contributed by atoms with Gasteiger partial charge in [0.25, 0.3) is 5.91 Å². The number of rotatable bonds is 4. The summed E-state index contributed by atoms with van der Waals surface area (Å²) in [6.45, 7) is 11.4. The first kappa shape index (κ1) is 23.8. The summed E-state index contributed by atoms with van der Waals surface area (Å²) in [6, 6.07) is 3.48. The summed E-state index contributed by atoms with van der Waals surface area (Å²) < 4.78 is 16.9.